The summed E-state index contributed by atoms with van der Waals surface area (Å²) in [5.74, 6) is 0. The molecule has 3 aromatic rings. The maximum atomic E-state index is 8.81. The highest BCUT2D eigenvalue weighted by Gasteiger charge is 2.06. The first-order chi connectivity index (χ1) is 9.26. The molecule has 92 valence electrons. The Labute approximate surface area is 114 Å². The van der Waals surface area contributed by atoms with Crippen molar-refractivity contribution in [2.24, 2.45) is 0 Å². The molecule has 0 radical (unpaired) electrons. The van der Waals surface area contributed by atoms with Crippen LogP contribution in [0.5, 0.6) is 0 Å². The summed E-state index contributed by atoms with van der Waals surface area (Å²) in [5, 5.41) is 12.2. The van der Waals surface area contributed by atoms with Crippen LogP contribution in [-0.2, 0) is 0 Å². The van der Waals surface area contributed by atoms with Crippen molar-refractivity contribution in [3.05, 3.63) is 53.1 Å². The Morgan fingerprint density at radius 1 is 1.21 bits per heavy atom. The van der Waals surface area contributed by atoms with E-state index in [1.54, 1.807) is 18.2 Å². The zero-order chi connectivity index (χ0) is 13.2. The fraction of sp³-hybridized carbons (Fsp3) is 0. The summed E-state index contributed by atoms with van der Waals surface area (Å²) in [6.45, 7) is 0. The van der Waals surface area contributed by atoms with Gasteiger partial charge in [-0.25, -0.2) is 0 Å². The first-order valence-corrected chi connectivity index (χ1v) is 5.96. The van der Waals surface area contributed by atoms with Gasteiger partial charge < -0.3 is 9.73 Å². The molecular weight excluding hydrogens is 262 g/mol. The van der Waals surface area contributed by atoms with Gasteiger partial charge in [-0.3, -0.25) is 0 Å². The SMILES string of the molecule is N#Cc1ccc(Nc2nc3ccccc3o2)cc1Cl. The van der Waals surface area contributed by atoms with Crippen molar-refractivity contribution in [1.82, 2.24) is 4.98 Å². The minimum atomic E-state index is 0.391. The number of nitriles is 1. The number of hydrogen-bond acceptors (Lipinski definition) is 4. The van der Waals surface area contributed by atoms with Crippen LogP contribution in [0.3, 0.4) is 0 Å². The molecule has 0 aliphatic rings. The second kappa shape index (κ2) is 4.63. The lowest BCUT2D eigenvalue weighted by Gasteiger charge is -2.02. The zero-order valence-electron chi connectivity index (χ0n) is 9.72. The van der Waals surface area contributed by atoms with E-state index in [0.29, 0.717) is 22.2 Å². The summed E-state index contributed by atoms with van der Waals surface area (Å²) in [7, 11) is 0. The monoisotopic (exact) mass is 269 g/mol. The minimum Gasteiger partial charge on any atom is -0.423 e. The van der Waals surface area contributed by atoms with Gasteiger partial charge in [0.05, 0.1) is 10.6 Å². The van der Waals surface area contributed by atoms with E-state index < -0.39 is 0 Å². The van der Waals surface area contributed by atoms with Gasteiger partial charge in [0.15, 0.2) is 5.58 Å². The van der Waals surface area contributed by atoms with Crippen LogP contribution in [0.2, 0.25) is 5.02 Å². The summed E-state index contributed by atoms with van der Waals surface area (Å²) < 4.78 is 5.54. The van der Waals surface area contributed by atoms with Crippen LogP contribution < -0.4 is 5.32 Å². The first kappa shape index (κ1) is 11.6. The number of benzene rings is 2. The van der Waals surface area contributed by atoms with Crippen molar-refractivity contribution in [2.75, 3.05) is 5.32 Å². The molecule has 2 aromatic carbocycles. The molecule has 0 atom stereocenters. The Hall–Kier alpha value is -2.51. The Morgan fingerprint density at radius 3 is 2.79 bits per heavy atom. The molecule has 0 aliphatic carbocycles. The highest BCUT2D eigenvalue weighted by molar-refractivity contribution is 6.32. The van der Waals surface area contributed by atoms with Gasteiger partial charge in [-0.15, -0.1) is 0 Å². The molecule has 19 heavy (non-hydrogen) atoms. The van der Waals surface area contributed by atoms with Gasteiger partial charge in [0.1, 0.15) is 11.6 Å². The number of para-hydroxylation sites is 2. The topological polar surface area (TPSA) is 61.9 Å². The molecular formula is C14H8ClN3O. The van der Waals surface area contributed by atoms with Gasteiger partial charge in [-0.2, -0.15) is 10.2 Å². The van der Waals surface area contributed by atoms with E-state index in [9.17, 15) is 0 Å². The Bertz CT molecular complexity index is 756. The number of aromatic nitrogens is 1. The highest BCUT2D eigenvalue weighted by atomic mass is 35.5. The van der Waals surface area contributed by atoms with Crippen LogP contribution in [0.4, 0.5) is 11.7 Å². The lowest BCUT2D eigenvalue weighted by molar-refractivity contribution is 0.623. The maximum Gasteiger partial charge on any atom is 0.300 e. The van der Waals surface area contributed by atoms with Crippen LogP contribution in [0, 0.1) is 11.3 Å². The van der Waals surface area contributed by atoms with Crippen molar-refractivity contribution in [3.63, 3.8) is 0 Å². The molecule has 3 rings (SSSR count). The second-order valence-electron chi connectivity index (χ2n) is 3.92. The Kier molecular flexibility index (Phi) is 2.82. The van der Waals surface area contributed by atoms with E-state index in [4.69, 9.17) is 21.3 Å². The number of oxazole rings is 1. The zero-order valence-corrected chi connectivity index (χ0v) is 10.5. The van der Waals surface area contributed by atoms with Gasteiger partial charge in [0.2, 0.25) is 0 Å². The predicted molar refractivity (Wildman–Crippen MR) is 73.5 cm³/mol. The van der Waals surface area contributed by atoms with Gasteiger partial charge in [0.25, 0.3) is 6.01 Å². The van der Waals surface area contributed by atoms with Crippen LogP contribution in [0.15, 0.2) is 46.9 Å². The number of fused-ring (bicyclic) bond motifs is 1. The van der Waals surface area contributed by atoms with Crippen molar-refractivity contribution >= 4 is 34.4 Å². The van der Waals surface area contributed by atoms with E-state index in [-0.39, 0.29) is 0 Å². The smallest absolute Gasteiger partial charge is 0.300 e. The molecule has 0 saturated carbocycles. The van der Waals surface area contributed by atoms with Crippen molar-refractivity contribution in [1.29, 1.82) is 5.26 Å². The third kappa shape index (κ3) is 2.24. The fourth-order valence-electron chi connectivity index (χ4n) is 1.73. The molecule has 0 bridgehead atoms. The summed E-state index contributed by atoms with van der Waals surface area (Å²) in [5.41, 5.74) is 2.65. The summed E-state index contributed by atoms with van der Waals surface area (Å²) in [4.78, 5) is 4.29. The lowest BCUT2D eigenvalue weighted by Crippen LogP contribution is -1.90. The van der Waals surface area contributed by atoms with Gasteiger partial charge in [-0.1, -0.05) is 23.7 Å². The number of hydrogen-bond donors (Lipinski definition) is 1. The summed E-state index contributed by atoms with van der Waals surface area (Å²) in [6, 6.07) is 15.0. The van der Waals surface area contributed by atoms with Gasteiger partial charge >= 0.3 is 0 Å². The van der Waals surface area contributed by atoms with Crippen molar-refractivity contribution in [3.8, 4) is 6.07 Å². The molecule has 0 saturated heterocycles. The molecule has 0 spiro atoms. The third-order valence-corrected chi connectivity index (χ3v) is 2.95. The van der Waals surface area contributed by atoms with Crippen LogP contribution in [0.25, 0.3) is 11.1 Å². The molecule has 1 heterocycles. The predicted octanol–water partition coefficient (Wildman–Crippen LogP) is 4.10. The summed E-state index contributed by atoms with van der Waals surface area (Å²) >= 11 is 5.96. The number of rotatable bonds is 2. The molecule has 0 unspecified atom stereocenters. The van der Waals surface area contributed by atoms with E-state index in [0.717, 1.165) is 11.2 Å². The van der Waals surface area contributed by atoms with Crippen LogP contribution in [-0.4, -0.2) is 4.98 Å². The molecule has 1 N–H and O–H groups in total. The number of nitrogens with zero attached hydrogens (tertiary/aromatic N) is 2. The van der Waals surface area contributed by atoms with Crippen molar-refractivity contribution in [2.45, 2.75) is 0 Å². The lowest BCUT2D eigenvalue weighted by atomic mass is 10.2. The fourth-order valence-corrected chi connectivity index (χ4v) is 1.96. The first-order valence-electron chi connectivity index (χ1n) is 5.58. The average molecular weight is 270 g/mol. The van der Waals surface area contributed by atoms with E-state index in [1.165, 1.54) is 0 Å². The van der Waals surface area contributed by atoms with Crippen LogP contribution >= 0.6 is 11.6 Å². The minimum absolute atomic E-state index is 0.391. The Balaban J connectivity index is 1.92. The van der Waals surface area contributed by atoms with E-state index in [1.807, 2.05) is 30.3 Å². The summed E-state index contributed by atoms with van der Waals surface area (Å²) in [6.07, 6.45) is 0. The molecule has 5 heteroatoms. The van der Waals surface area contributed by atoms with Crippen LogP contribution in [0.1, 0.15) is 5.56 Å². The Morgan fingerprint density at radius 2 is 2.05 bits per heavy atom. The quantitative estimate of drug-likeness (QED) is 0.761. The normalized spacial score (nSPS) is 10.3. The van der Waals surface area contributed by atoms with Crippen molar-refractivity contribution < 1.29 is 4.42 Å². The molecule has 4 nitrogen and oxygen atoms in total. The van der Waals surface area contributed by atoms with E-state index >= 15 is 0 Å². The maximum absolute atomic E-state index is 8.81. The van der Waals surface area contributed by atoms with Gasteiger partial charge in [-0.05, 0) is 30.3 Å². The molecule has 0 amide bonds. The van der Waals surface area contributed by atoms with E-state index in [2.05, 4.69) is 10.3 Å². The highest BCUT2D eigenvalue weighted by Crippen LogP contribution is 2.25. The van der Waals surface area contributed by atoms with Gasteiger partial charge in [0, 0.05) is 5.69 Å². The molecule has 0 aliphatic heterocycles. The largest absolute Gasteiger partial charge is 0.423 e. The average Bonchev–Trinajstić information content (AvgIpc) is 2.81. The number of halogens is 1. The number of anilines is 2. The molecule has 0 fully saturated rings. The number of nitrogens with one attached hydrogen (secondary N) is 1. The third-order valence-electron chi connectivity index (χ3n) is 2.63. The standard InChI is InChI=1S/C14H8ClN3O/c15-11-7-10(6-5-9(11)8-16)17-14-18-12-3-1-2-4-13(12)19-14/h1-7H,(H,17,18). The molecule has 1 aromatic heterocycles. The second-order valence-corrected chi connectivity index (χ2v) is 4.33.